The molecule has 4 rings (SSSR count). The number of nitrogens with one attached hydrogen (secondary N) is 1. The van der Waals surface area contributed by atoms with Crippen LogP contribution in [0.1, 0.15) is 12.6 Å². The summed E-state index contributed by atoms with van der Waals surface area (Å²) < 4.78 is 12.1. The summed E-state index contributed by atoms with van der Waals surface area (Å²) in [5.74, 6) is 1.27. The van der Waals surface area contributed by atoms with E-state index in [1.54, 1.807) is 37.0 Å². The Balaban J connectivity index is 1.43. The van der Waals surface area contributed by atoms with Crippen molar-refractivity contribution in [2.24, 2.45) is 7.05 Å². The standard InChI is InChI=1S/C17H17N3O4S2/c1-9-5-11-15(26-9)16(22)20(2)17(19-11)25-7-14(21)18-10-3-4-12-13(6-10)24-8-23-12/h3-4,6,9H,5,7-8H2,1-2H3,(H,18,21)/t9-/m1/s1. The molecular formula is C17H17N3O4S2. The SMILES string of the molecule is C[C@@H]1Cc2nc(SCC(=O)Nc3ccc4c(c3)OCO4)n(C)c(=O)c2S1. The Hall–Kier alpha value is -2.13. The zero-order valence-corrected chi connectivity index (χ0v) is 15.9. The fourth-order valence-corrected chi connectivity index (χ4v) is 4.74. The maximum atomic E-state index is 12.4. The first-order valence-corrected chi connectivity index (χ1v) is 9.96. The third-order valence-corrected chi connectivity index (χ3v) is 6.31. The van der Waals surface area contributed by atoms with Gasteiger partial charge >= 0.3 is 0 Å². The van der Waals surface area contributed by atoms with Crippen LogP contribution < -0.4 is 20.3 Å². The molecule has 0 fully saturated rings. The van der Waals surface area contributed by atoms with Crippen molar-refractivity contribution in [1.29, 1.82) is 0 Å². The maximum absolute atomic E-state index is 12.4. The molecule has 1 atom stereocenters. The third-order valence-electron chi connectivity index (χ3n) is 4.07. The van der Waals surface area contributed by atoms with Crippen molar-refractivity contribution in [3.05, 3.63) is 34.2 Å². The minimum Gasteiger partial charge on any atom is -0.454 e. The summed E-state index contributed by atoms with van der Waals surface area (Å²) in [5, 5.41) is 3.74. The number of nitrogens with zero attached hydrogens (tertiary/aromatic N) is 2. The molecule has 0 bridgehead atoms. The molecule has 7 nitrogen and oxygen atoms in total. The van der Waals surface area contributed by atoms with Crippen molar-refractivity contribution in [3.63, 3.8) is 0 Å². The normalized spacial score (nSPS) is 17.2. The van der Waals surface area contributed by atoms with Gasteiger partial charge in [0.15, 0.2) is 16.7 Å². The van der Waals surface area contributed by atoms with Crippen LogP contribution in [0.15, 0.2) is 33.0 Å². The van der Waals surface area contributed by atoms with E-state index < -0.39 is 0 Å². The summed E-state index contributed by atoms with van der Waals surface area (Å²) in [6, 6.07) is 5.25. The quantitative estimate of drug-likeness (QED) is 0.632. The molecule has 136 valence electrons. The van der Waals surface area contributed by atoms with Gasteiger partial charge in [-0.15, -0.1) is 11.8 Å². The average molecular weight is 391 g/mol. The Labute approximate surface area is 158 Å². The van der Waals surface area contributed by atoms with Crippen molar-refractivity contribution >= 4 is 35.1 Å². The smallest absolute Gasteiger partial charge is 0.267 e. The largest absolute Gasteiger partial charge is 0.454 e. The van der Waals surface area contributed by atoms with E-state index in [0.717, 1.165) is 17.0 Å². The summed E-state index contributed by atoms with van der Waals surface area (Å²) in [7, 11) is 1.69. The van der Waals surface area contributed by atoms with Crippen molar-refractivity contribution in [2.45, 2.75) is 28.6 Å². The third kappa shape index (κ3) is 3.28. The molecule has 3 heterocycles. The van der Waals surface area contributed by atoms with Crippen molar-refractivity contribution in [2.75, 3.05) is 17.9 Å². The molecule has 2 aliphatic heterocycles. The predicted octanol–water partition coefficient (Wildman–Crippen LogP) is 2.28. The van der Waals surface area contributed by atoms with Crippen molar-refractivity contribution < 1.29 is 14.3 Å². The molecule has 1 aromatic heterocycles. The van der Waals surface area contributed by atoms with Crippen LogP contribution >= 0.6 is 23.5 Å². The van der Waals surface area contributed by atoms with Gasteiger partial charge in [0.05, 0.1) is 16.3 Å². The molecule has 1 aromatic carbocycles. The van der Waals surface area contributed by atoms with E-state index in [4.69, 9.17) is 9.47 Å². The van der Waals surface area contributed by atoms with Crippen LogP contribution in [0.25, 0.3) is 0 Å². The molecule has 1 N–H and O–H groups in total. The number of benzene rings is 1. The molecule has 0 saturated heterocycles. The Morgan fingerprint density at radius 2 is 2.23 bits per heavy atom. The van der Waals surface area contributed by atoms with E-state index in [1.807, 2.05) is 0 Å². The van der Waals surface area contributed by atoms with Gasteiger partial charge in [-0.25, -0.2) is 4.98 Å². The highest BCUT2D eigenvalue weighted by Crippen LogP contribution is 2.35. The van der Waals surface area contributed by atoms with Gasteiger partial charge in [-0.05, 0) is 12.1 Å². The highest BCUT2D eigenvalue weighted by molar-refractivity contribution is 8.00. The van der Waals surface area contributed by atoms with Gasteiger partial charge in [0.25, 0.3) is 5.56 Å². The first-order valence-electron chi connectivity index (χ1n) is 8.10. The Kier molecular flexibility index (Phi) is 4.58. The van der Waals surface area contributed by atoms with Gasteiger partial charge < -0.3 is 14.8 Å². The van der Waals surface area contributed by atoms with Crippen LogP contribution in [-0.4, -0.2) is 33.3 Å². The minimum atomic E-state index is -0.175. The molecule has 0 saturated carbocycles. The molecule has 2 aromatic rings. The number of ether oxygens (including phenoxy) is 2. The second kappa shape index (κ2) is 6.88. The van der Waals surface area contributed by atoms with Gasteiger partial charge in [0.1, 0.15) is 0 Å². The first-order chi connectivity index (χ1) is 12.5. The molecule has 0 radical (unpaired) electrons. The van der Waals surface area contributed by atoms with Crippen LogP contribution in [0.2, 0.25) is 0 Å². The lowest BCUT2D eigenvalue weighted by atomic mass is 10.2. The molecule has 0 spiro atoms. The maximum Gasteiger partial charge on any atom is 0.267 e. The van der Waals surface area contributed by atoms with E-state index in [9.17, 15) is 9.59 Å². The van der Waals surface area contributed by atoms with Gasteiger partial charge in [-0.3, -0.25) is 14.2 Å². The predicted molar refractivity (Wildman–Crippen MR) is 100 cm³/mol. The zero-order chi connectivity index (χ0) is 18.3. The number of aromatic nitrogens is 2. The molecular weight excluding hydrogens is 374 g/mol. The minimum absolute atomic E-state index is 0.0389. The number of rotatable bonds is 4. The van der Waals surface area contributed by atoms with E-state index in [2.05, 4.69) is 17.2 Å². The number of carbonyl (C=O) groups excluding carboxylic acids is 1. The monoisotopic (exact) mass is 391 g/mol. The number of fused-ring (bicyclic) bond motifs is 2. The summed E-state index contributed by atoms with van der Waals surface area (Å²) in [4.78, 5) is 30.0. The summed E-state index contributed by atoms with van der Waals surface area (Å²) >= 11 is 2.83. The number of anilines is 1. The number of carbonyl (C=O) groups is 1. The van der Waals surface area contributed by atoms with E-state index in [1.165, 1.54) is 16.3 Å². The lowest BCUT2D eigenvalue weighted by Crippen LogP contribution is -2.23. The first kappa shape index (κ1) is 17.3. The van der Waals surface area contributed by atoms with E-state index in [0.29, 0.717) is 27.6 Å². The second-order valence-electron chi connectivity index (χ2n) is 6.07. The highest BCUT2D eigenvalue weighted by atomic mass is 32.2. The van der Waals surface area contributed by atoms with Crippen LogP contribution in [-0.2, 0) is 18.3 Å². The number of thioether (sulfide) groups is 2. The summed E-state index contributed by atoms with van der Waals surface area (Å²) in [5.41, 5.74) is 1.44. The Morgan fingerprint density at radius 3 is 3.08 bits per heavy atom. The van der Waals surface area contributed by atoms with Crippen LogP contribution in [0, 0.1) is 0 Å². The molecule has 0 unspecified atom stereocenters. The Morgan fingerprint density at radius 1 is 1.42 bits per heavy atom. The molecule has 2 aliphatic rings. The molecule has 0 aliphatic carbocycles. The van der Waals surface area contributed by atoms with E-state index >= 15 is 0 Å². The van der Waals surface area contributed by atoms with E-state index in [-0.39, 0.29) is 24.0 Å². The van der Waals surface area contributed by atoms with Gasteiger partial charge in [0.2, 0.25) is 12.7 Å². The van der Waals surface area contributed by atoms with Crippen LogP contribution in [0.5, 0.6) is 11.5 Å². The summed E-state index contributed by atoms with van der Waals surface area (Å²) in [6.07, 6.45) is 0.785. The van der Waals surface area contributed by atoms with Crippen molar-refractivity contribution in [1.82, 2.24) is 9.55 Å². The van der Waals surface area contributed by atoms with Gasteiger partial charge in [-0.1, -0.05) is 18.7 Å². The van der Waals surface area contributed by atoms with Crippen LogP contribution in [0.4, 0.5) is 5.69 Å². The van der Waals surface area contributed by atoms with Crippen LogP contribution in [0.3, 0.4) is 0 Å². The van der Waals surface area contributed by atoms with Gasteiger partial charge in [0, 0.05) is 30.5 Å². The number of amides is 1. The highest BCUT2D eigenvalue weighted by Gasteiger charge is 2.25. The lowest BCUT2D eigenvalue weighted by molar-refractivity contribution is -0.113. The molecule has 9 heteroatoms. The fourth-order valence-electron chi connectivity index (χ4n) is 2.81. The summed E-state index contributed by atoms with van der Waals surface area (Å²) in [6.45, 7) is 2.27. The molecule has 26 heavy (non-hydrogen) atoms. The number of hydrogen-bond donors (Lipinski definition) is 1. The zero-order valence-electron chi connectivity index (χ0n) is 14.3. The topological polar surface area (TPSA) is 82.4 Å². The second-order valence-corrected chi connectivity index (χ2v) is 8.46. The van der Waals surface area contributed by atoms with Gasteiger partial charge in [-0.2, -0.15) is 0 Å². The Bertz CT molecular complexity index is 944. The average Bonchev–Trinajstić information content (AvgIpc) is 3.22. The molecule has 1 amide bonds. The van der Waals surface area contributed by atoms with Crippen molar-refractivity contribution in [3.8, 4) is 11.5 Å². The number of hydrogen-bond acceptors (Lipinski definition) is 7. The fraction of sp³-hybridized carbons (Fsp3) is 0.353. The lowest BCUT2D eigenvalue weighted by Gasteiger charge is -2.09.